The number of ether oxygens (including phenoxy) is 3. The molecular formula is C13H12F2O5. The summed E-state index contributed by atoms with van der Waals surface area (Å²) in [6, 6.07) is 2.74. The summed E-state index contributed by atoms with van der Waals surface area (Å²) in [4.78, 5) is 22.1. The summed E-state index contributed by atoms with van der Waals surface area (Å²) >= 11 is 0. The highest BCUT2D eigenvalue weighted by Gasteiger charge is 2.10. The standard InChI is InChI=1S/C13H12F2O5/c1-8(2)20-13(17)19-7-12(16)18-6-9-3-10(14)5-11(15)4-9/h3-5H,1,6-7H2,2H3. The van der Waals surface area contributed by atoms with Crippen LogP contribution in [0.4, 0.5) is 13.6 Å². The molecule has 0 N–H and O–H groups in total. The van der Waals surface area contributed by atoms with Crippen LogP contribution < -0.4 is 0 Å². The van der Waals surface area contributed by atoms with E-state index < -0.39 is 30.4 Å². The van der Waals surface area contributed by atoms with Crippen LogP contribution in [-0.4, -0.2) is 18.7 Å². The van der Waals surface area contributed by atoms with Crippen LogP contribution in [0.15, 0.2) is 30.5 Å². The maximum Gasteiger partial charge on any atom is 0.514 e. The monoisotopic (exact) mass is 286 g/mol. The molecular weight excluding hydrogens is 274 g/mol. The topological polar surface area (TPSA) is 61.8 Å². The molecule has 0 spiro atoms. The van der Waals surface area contributed by atoms with Crippen LogP contribution >= 0.6 is 0 Å². The second-order valence-corrected chi connectivity index (χ2v) is 3.78. The molecule has 108 valence electrons. The summed E-state index contributed by atoms with van der Waals surface area (Å²) in [6.45, 7) is 3.72. The van der Waals surface area contributed by atoms with E-state index in [0.717, 1.165) is 12.1 Å². The third kappa shape index (κ3) is 5.94. The van der Waals surface area contributed by atoms with Gasteiger partial charge in [0.2, 0.25) is 0 Å². The Morgan fingerprint density at radius 2 is 1.75 bits per heavy atom. The Morgan fingerprint density at radius 3 is 2.30 bits per heavy atom. The fraction of sp³-hybridized carbons (Fsp3) is 0.231. The van der Waals surface area contributed by atoms with Crippen molar-refractivity contribution in [2.45, 2.75) is 13.5 Å². The number of carbonyl (C=O) groups excluding carboxylic acids is 2. The Morgan fingerprint density at radius 1 is 1.15 bits per heavy atom. The molecule has 0 aliphatic rings. The molecule has 0 amide bonds. The van der Waals surface area contributed by atoms with Crippen molar-refractivity contribution < 1.29 is 32.6 Å². The van der Waals surface area contributed by atoms with Crippen LogP contribution in [0.25, 0.3) is 0 Å². The smallest absolute Gasteiger partial charge is 0.458 e. The van der Waals surface area contributed by atoms with E-state index >= 15 is 0 Å². The maximum absolute atomic E-state index is 12.9. The summed E-state index contributed by atoms with van der Waals surface area (Å²) < 4.78 is 39.2. The molecule has 0 aromatic heterocycles. The first-order chi connectivity index (χ1) is 9.36. The minimum Gasteiger partial charge on any atom is -0.458 e. The van der Waals surface area contributed by atoms with Gasteiger partial charge in [-0.25, -0.2) is 18.4 Å². The highest BCUT2D eigenvalue weighted by atomic mass is 19.1. The van der Waals surface area contributed by atoms with Gasteiger partial charge in [0, 0.05) is 6.07 Å². The van der Waals surface area contributed by atoms with Gasteiger partial charge in [-0.05, 0) is 24.6 Å². The van der Waals surface area contributed by atoms with E-state index in [2.05, 4.69) is 20.8 Å². The van der Waals surface area contributed by atoms with Crippen LogP contribution in [0.5, 0.6) is 0 Å². The van der Waals surface area contributed by atoms with E-state index in [9.17, 15) is 18.4 Å². The number of hydrogen-bond acceptors (Lipinski definition) is 5. The van der Waals surface area contributed by atoms with Crippen LogP contribution in [-0.2, 0) is 25.6 Å². The molecule has 0 aliphatic heterocycles. The van der Waals surface area contributed by atoms with E-state index in [1.165, 1.54) is 6.92 Å². The fourth-order valence-electron chi connectivity index (χ4n) is 1.19. The highest BCUT2D eigenvalue weighted by Crippen LogP contribution is 2.09. The van der Waals surface area contributed by atoms with Crippen molar-refractivity contribution in [1.29, 1.82) is 0 Å². The Kier molecular flexibility index (Phi) is 5.64. The first-order valence-electron chi connectivity index (χ1n) is 5.47. The summed E-state index contributed by atoms with van der Waals surface area (Å²) in [7, 11) is 0. The summed E-state index contributed by atoms with van der Waals surface area (Å²) in [5, 5.41) is 0. The molecule has 1 aromatic carbocycles. The van der Waals surface area contributed by atoms with Crippen LogP contribution in [0.1, 0.15) is 12.5 Å². The lowest BCUT2D eigenvalue weighted by atomic mass is 10.2. The van der Waals surface area contributed by atoms with Gasteiger partial charge < -0.3 is 14.2 Å². The lowest BCUT2D eigenvalue weighted by molar-refractivity contribution is -0.149. The van der Waals surface area contributed by atoms with Crippen molar-refractivity contribution in [3.63, 3.8) is 0 Å². The number of rotatable bonds is 5. The quantitative estimate of drug-likeness (QED) is 0.615. The average Bonchev–Trinajstić information content (AvgIpc) is 2.32. The van der Waals surface area contributed by atoms with E-state index in [1.54, 1.807) is 0 Å². The minimum atomic E-state index is -1.09. The lowest BCUT2D eigenvalue weighted by Gasteiger charge is -2.06. The average molecular weight is 286 g/mol. The molecule has 0 unspecified atom stereocenters. The molecule has 0 aliphatic carbocycles. The van der Waals surface area contributed by atoms with Gasteiger partial charge in [0.05, 0.1) is 0 Å². The Hall–Kier alpha value is -2.44. The molecule has 0 bridgehead atoms. The molecule has 0 radical (unpaired) electrons. The molecule has 0 heterocycles. The van der Waals surface area contributed by atoms with Gasteiger partial charge in [-0.15, -0.1) is 0 Å². The van der Waals surface area contributed by atoms with E-state index in [4.69, 9.17) is 0 Å². The number of halogens is 2. The molecule has 1 aromatic rings. The summed E-state index contributed by atoms with van der Waals surface area (Å²) in [6.07, 6.45) is -1.09. The molecule has 20 heavy (non-hydrogen) atoms. The third-order valence-corrected chi connectivity index (χ3v) is 1.89. The molecule has 1 rings (SSSR count). The fourth-order valence-corrected chi connectivity index (χ4v) is 1.19. The summed E-state index contributed by atoms with van der Waals surface area (Å²) in [5.74, 6) is -2.33. The van der Waals surface area contributed by atoms with Gasteiger partial charge in [-0.2, -0.15) is 0 Å². The van der Waals surface area contributed by atoms with Gasteiger partial charge in [-0.3, -0.25) is 0 Å². The van der Waals surface area contributed by atoms with Crippen molar-refractivity contribution >= 4 is 12.1 Å². The molecule has 0 saturated heterocycles. The Bertz CT molecular complexity index is 507. The van der Waals surface area contributed by atoms with Crippen LogP contribution in [0, 0.1) is 11.6 Å². The van der Waals surface area contributed by atoms with Gasteiger partial charge in [0.25, 0.3) is 0 Å². The zero-order valence-electron chi connectivity index (χ0n) is 10.7. The second-order valence-electron chi connectivity index (χ2n) is 3.78. The van der Waals surface area contributed by atoms with Gasteiger partial charge in [0.1, 0.15) is 24.0 Å². The van der Waals surface area contributed by atoms with Crippen molar-refractivity contribution in [3.8, 4) is 0 Å². The van der Waals surface area contributed by atoms with Crippen molar-refractivity contribution in [2.24, 2.45) is 0 Å². The second kappa shape index (κ2) is 7.22. The summed E-state index contributed by atoms with van der Waals surface area (Å²) in [5.41, 5.74) is 0.139. The van der Waals surface area contributed by atoms with Crippen molar-refractivity contribution in [2.75, 3.05) is 6.61 Å². The molecule has 0 fully saturated rings. The number of carbonyl (C=O) groups is 2. The van der Waals surface area contributed by atoms with Crippen molar-refractivity contribution in [1.82, 2.24) is 0 Å². The molecule has 5 nitrogen and oxygen atoms in total. The van der Waals surface area contributed by atoms with E-state index in [0.29, 0.717) is 6.07 Å². The predicted octanol–water partition coefficient (Wildman–Crippen LogP) is 2.69. The Labute approximate surface area is 113 Å². The lowest BCUT2D eigenvalue weighted by Crippen LogP contribution is -2.16. The predicted molar refractivity (Wildman–Crippen MR) is 63.4 cm³/mol. The molecule has 7 heteroatoms. The zero-order valence-corrected chi connectivity index (χ0v) is 10.7. The zero-order chi connectivity index (χ0) is 15.1. The van der Waals surface area contributed by atoms with Gasteiger partial charge >= 0.3 is 12.1 Å². The highest BCUT2D eigenvalue weighted by molar-refractivity contribution is 5.73. The first-order valence-corrected chi connectivity index (χ1v) is 5.47. The largest absolute Gasteiger partial charge is 0.514 e. The number of esters is 1. The van der Waals surface area contributed by atoms with Crippen molar-refractivity contribution in [3.05, 3.63) is 47.7 Å². The maximum atomic E-state index is 12.9. The third-order valence-electron chi connectivity index (χ3n) is 1.89. The van der Waals surface area contributed by atoms with E-state index in [1.807, 2.05) is 0 Å². The minimum absolute atomic E-state index is 0.110. The van der Waals surface area contributed by atoms with Crippen LogP contribution in [0.2, 0.25) is 0 Å². The Balaban J connectivity index is 2.36. The SMILES string of the molecule is C=C(C)OC(=O)OCC(=O)OCc1cc(F)cc(F)c1. The number of allylic oxidation sites excluding steroid dienone is 1. The normalized spacial score (nSPS) is 9.75. The van der Waals surface area contributed by atoms with Crippen LogP contribution in [0.3, 0.4) is 0 Å². The van der Waals surface area contributed by atoms with E-state index in [-0.39, 0.29) is 17.9 Å². The molecule has 0 saturated carbocycles. The van der Waals surface area contributed by atoms with Gasteiger partial charge in [0.15, 0.2) is 6.61 Å². The van der Waals surface area contributed by atoms with Gasteiger partial charge in [-0.1, -0.05) is 6.58 Å². The number of hydrogen-bond donors (Lipinski definition) is 0. The first kappa shape index (κ1) is 15.6. The number of benzene rings is 1. The molecule has 0 atom stereocenters.